The first-order valence-corrected chi connectivity index (χ1v) is 6.44. The van der Waals surface area contributed by atoms with Crippen LogP contribution in [0.25, 0.3) is 0 Å². The van der Waals surface area contributed by atoms with Gasteiger partial charge in [-0.1, -0.05) is 18.2 Å². The second-order valence-electron chi connectivity index (χ2n) is 5.46. The summed E-state index contributed by atoms with van der Waals surface area (Å²) in [6.07, 6.45) is 2.70. The predicted molar refractivity (Wildman–Crippen MR) is 66.4 cm³/mol. The minimum Gasteiger partial charge on any atom is -0.482 e. The van der Waals surface area contributed by atoms with Crippen molar-refractivity contribution in [3.05, 3.63) is 29.3 Å². The van der Waals surface area contributed by atoms with E-state index in [1.807, 2.05) is 6.92 Å². The Hall–Kier alpha value is -1.31. The first kappa shape index (κ1) is 10.8. The number of ether oxygens (including phenoxy) is 1. The number of Topliss-reactive ketones (excluding diaryl/α,β-unsaturated/α-hetero) is 1. The van der Waals surface area contributed by atoms with Crippen LogP contribution in [0.3, 0.4) is 0 Å². The number of fused-ring (bicyclic) bond motifs is 3. The average molecular weight is 230 g/mol. The predicted octanol–water partition coefficient (Wildman–Crippen LogP) is 3.23. The monoisotopic (exact) mass is 230 g/mol. The fourth-order valence-electron chi connectivity index (χ4n) is 3.01. The van der Waals surface area contributed by atoms with E-state index in [9.17, 15) is 4.79 Å². The molecule has 0 amide bonds. The van der Waals surface area contributed by atoms with Crippen LogP contribution in [0.15, 0.2) is 18.2 Å². The van der Waals surface area contributed by atoms with Gasteiger partial charge in [-0.3, -0.25) is 4.79 Å². The van der Waals surface area contributed by atoms with Gasteiger partial charge in [-0.2, -0.15) is 0 Å². The summed E-state index contributed by atoms with van der Waals surface area (Å²) >= 11 is 0. The Bertz CT molecular complexity index is 458. The van der Waals surface area contributed by atoms with Crippen LogP contribution in [-0.4, -0.2) is 11.9 Å². The number of para-hydroxylation sites is 1. The normalized spacial score (nSPS) is 31.4. The second kappa shape index (κ2) is 3.86. The molecular formula is C15H18O2. The molecule has 2 nitrogen and oxygen atoms in total. The van der Waals surface area contributed by atoms with Crippen molar-refractivity contribution < 1.29 is 9.53 Å². The number of hydrogen-bond acceptors (Lipinski definition) is 2. The molecule has 0 radical (unpaired) electrons. The number of carbonyl (C=O) groups excluding carboxylic acids is 1. The van der Waals surface area contributed by atoms with Crippen LogP contribution in [0.1, 0.15) is 43.2 Å². The fraction of sp³-hybridized carbons (Fsp3) is 0.533. The molecule has 2 bridgehead atoms. The first-order valence-electron chi connectivity index (χ1n) is 6.44. The van der Waals surface area contributed by atoms with Crippen molar-refractivity contribution in [1.82, 2.24) is 0 Å². The van der Waals surface area contributed by atoms with E-state index < -0.39 is 0 Å². The Morgan fingerprint density at radius 1 is 1.29 bits per heavy atom. The maximum atomic E-state index is 12.0. The maximum absolute atomic E-state index is 12.0. The highest BCUT2D eigenvalue weighted by molar-refractivity contribution is 5.83. The quantitative estimate of drug-likeness (QED) is 0.684. The summed E-state index contributed by atoms with van der Waals surface area (Å²) in [6.45, 7) is 3.94. The molecule has 1 aliphatic carbocycles. The summed E-state index contributed by atoms with van der Waals surface area (Å²) < 4.78 is 5.91. The standard InChI is InChI=1S/C15H18O2/c1-9-4-3-5-13-12-6-11(7-12)8-14(16)10(2)17-15(9)13/h3-5,10-12H,6-8H2,1-2H3/t10-,11?,12?/m1/s1. The van der Waals surface area contributed by atoms with E-state index in [0.29, 0.717) is 18.3 Å². The lowest BCUT2D eigenvalue weighted by Crippen LogP contribution is -2.27. The molecule has 0 saturated heterocycles. The lowest BCUT2D eigenvalue weighted by Gasteiger charge is -2.35. The van der Waals surface area contributed by atoms with Gasteiger partial charge in [-0.15, -0.1) is 0 Å². The third-order valence-corrected chi connectivity index (χ3v) is 4.16. The molecule has 0 aromatic heterocycles. The molecule has 2 heteroatoms. The highest BCUT2D eigenvalue weighted by Crippen LogP contribution is 2.48. The number of carbonyl (C=O) groups is 1. The van der Waals surface area contributed by atoms with E-state index in [2.05, 4.69) is 25.1 Å². The van der Waals surface area contributed by atoms with E-state index in [-0.39, 0.29) is 11.9 Å². The van der Waals surface area contributed by atoms with Crippen molar-refractivity contribution in [3.8, 4) is 5.75 Å². The molecule has 3 aliphatic rings. The second-order valence-corrected chi connectivity index (χ2v) is 5.46. The van der Waals surface area contributed by atoms with E-state index >= 15 is 0 Å². The summed E-state index contributed by atoms with van der Waals surface area (Å²) in [6, 6.07) is 6.31. The smallest absolute Gasteiger partial charge is 0.173 e. The zero-order chi connectivity index (χ0) is 12.0. The molecule has 0 spiro atoms. The molecule has 2 heterocycles. The molecule has 4 rings (SSSR count). The van der Waals surface area contributed by atoms with Crippen LogP contribution in [0, 0.1) is 12.8 Å². The molecule has 1 aromatic rings. The number of benzene rings is 1. The molecular weight excluding hydrogens is 212 g/mol. The minimum absolute atomic E-state index is 0.254. The highest BCUT2D eigenvalue weighted by Gasteiger charge is 2.36. The summed E-state index contributed by atoms with van der Waals surface area (Å²) in [5.41, 5.74) is 2.45. The Morgan fingerprint density at radius 2 is 2.06 bits per heavy atom. The molecule has 2 aliphatic heterocycles. The van der Waals surface area contributed by atoms with Crippen LogP contribution in [-0.2, 0) is 4.79 Å². The lowest BCUT2D eigenvalue weighted by molar-refractivity contribution is -0.126. The topological polar surface area (TPSA) is 26.3 Å². The van der Waals surface area contributed by atoms with Gasteiger partial charge in [-0.25, -0.2) is 0 Å². The number of hydrogen-bond donors (Lipinski definition) is 0. The van der Waals surface area contributed by atoms with Crippen molar-refractivity contribution in [2.75, 3.05) is 0 Å². The van der Waals surface area contributed by atoms with Crippen molar-refractivity contribution in [1.29, 1.82) is 0 Å². The van der Waals surface area contributed by atoms with Crippen molar-refractivity contribution in [3.63, 3.8) is 0 Å². The van der Waals surface area contributed by atoms with Gasteiger partial charge in [0.25, 0.3) is 0 Å². The number of rotatable bonds is 0. The van der Waals surface area contributed by atoms with Crippen molar-refractivity contribution in [2.24, 2.45) is 5.92 Å². The van der Waals surface area contributed by atoms with Crippen molar-refractivity contribution >= 4 is 5.78 Å². The molecule has 1 fully saturated rings. The maximum Gasteiger partial charge on any atom is 0.173 e. The number of aryl methyl sites for hydroxylation is 1. The lowest BCUT2D eigenvalue weighted by atomic mass is 9.69. The Morgan fingerprint density at radius 3 is 2.82 bits per heavy atom. The van der Waals surface area contributed by atoms with Gasteiger partial charge in [0.05, 0.1) is 0 Å². The first-order chi connectivity index (χ1) is 8.15. The van der Waals surface area contributed by atoms with Gasteiger partial charge in [0.1, 0.15) is 5.75 Å². The van der Waals surface area contributed by atoms with Gasteiger partial charge in [0, 0.05) is 6.42 Å². The summed E-state index contributed by atoms with van der Waals surface area (Å²) in [4.78, 5) is 12.0. The van der Waals surface area contributed by atoms with Crippen LogP contribution >= 0.6 is 0 Å². The zero-order valence-corrected chi connectivity index (χ0v) is 10.4. The Kier molecular flexibility index (Phi) is 2.46. The SMILES string of the molecule is Cc1cccc2c1O[C@H](C)C(=O)CC1CC2C1. The van der Waals surface area contributed by atoms with Gasteiger partial charge in [0.15, 0.2) is 11.9 Å². The van der Waals surface area contributed by atoms with Crippen LogP contribution in [0.2, 0.25) is 0 Å². The van der Waals surface area contributed by atoms with E-state index in [1.165, 1.54) is 5.56 Å². The Labute approximate surface area is 102 Å². The number of ketones is 1. The minimum atomic E-state index is -0.297. The Balaban J connectivity index is 2.04. The van der Waals surface area contributed by atoms with Crippen LogP contribution in [0.5, 0.6) is 5.75 Å². The largest absolute Gasteiger partial charge is 0.482 e. The third-order valence-electron chi connectivity index (χ3n) is 4.16. The van der Waals surface area contributed by atoms with Gasteiger partial charge in [-0.05, 0) is 49.7 Å². The van der Waals surface area contributed by atoms with Gasteiger partial charge in [0.2, 0.25) is 0 Å². The van der Waals surface area contributed by atoms with E-state index in [0.717, 1.165) is 24.2 Å². The summed E-state index contributed by atoms with van der Waals surface area (Å²) in [5.74, 6) is 2.40. The van der Waals surface area contributed by atoms with Crippen LogP contribution < -0.4 is 4.74 Å². The summed E-state index contributed by atoms with van der Waals surface area (Å²) in [7, 11) is 0. The van der Waals surface area contributed by atoms with Crippen molar-refractivity contribution in [2.45, 2.75) is 45.1 Å². The molecule has 90 valence electrons. The molecule has 17 heavy (non-hydrogen) atoms. The molecule has 0 unspecified atom stereocenters. The summed E-state index contributed by atoms with van der Waals surface area (Å²) in [5, 5.41) is 0. The average Bonchev–Trinajstić information content (AvgIpc) is 2.32. The van der Waals surface area contributed by atoms with E-state index in [1.54, 1.807) is 0 Å². The third kappa shape index (κ3) is 1.76. The van der Waals surface area contributed by atoms with Gasteiger partial charge < -0.3 is 4.74 Å². The molecule has 1 aromatic carbocycles. The molecule has 1 saturated carbocycles. The molecule has 1 atom stereocenters. The molecule has 0 N–H and O–H groups in total. The van der Waals surface area contributed by atoms with E-state index in [4.69, 9.17) is 4.74 Å². The zero-order valence-electron chi connectivity index (χ0n) is 10.4. The fourth-order valence-corrected chi connectivity index (χ4v) is 3.01. The van der Waals surface area contributed by atoms with Crippen LogP contribution in [0.4, 0.5) is 0 Å². The highest BCUT2D eigenvalue weighted by atomic mass is 16.5. The van der Waals surface area contributed by atoms with Gasteiger partial charge >= 0.3 is 0 Å².